The summed E-state index contributed by atoms with van der Waals surface area (Å²) in [5.41, 5.74) is 4.70. The fourth-order valence-corrected chi connectivity index (χ4v) is 1.73. The maximum Gasteiger partial charge on any atom is 0.402 e. The van der Waals surface area contributed by atoms with E-state index in [0.717, 1.165) is 6.07 Å². The van der Waals surface area contributed by atoms with Crippen LogP contribution < -0.4 is 5.73 Å². The Morgan fingerprint density at radius 1 is 0.900 bits per heavy atom. The van der Waals surface area contributed by atoms with E-state index in [2.05, 4.69) is 0 Å². The van der Waals surface area contributed by atoms with Crippen LogP contribution in [0.25, 0.3) is 0 Å². The van der Waals surface area contributed by atoms with Crippen molar-refractivity contribution in [1.82, 2.24) is 0 Å². The van der Waals surface area contributed by atoms with Crippen LogP contribution in [-0.4, -0.2) is 18.4 Å². The van der Waals surface area contributed by atoms with Gasteiger partial charge >= 0.3 is 12.4 Å². The Bertz CT molecular complexity index is 450. The maximum absolute atomic E-state index is 12.8. The molecule has 0 fully saturated rings. The van der Waals surface area contributed by atoms with E-state index in [0.29, 0.717) is 12.1 Å². The van der Waals surface area contributed by atoms with Crippen molar-refractivity contribution < 1.29 is 35.1 Å². The van der Waals surface area contributed by atoms with Gasteiger partial charge in [0, 0.05) is 6.04 Å². The molecule has 1 aromatic carbocycles. The maximum atomic E-state index is 12.8. The third-order valence-electron chi connectivity index (χ3n) is 2.59. The van der Waals surface area contributed by atoms with Crippen molar-refractivity contribution in [2.24, 2.45) is 11.7 Å². The minimum absolute atomic E-state index is 0.255. The molecule has 0 amide bonds. The normalized spacial score (nSPS) is 14.7. The lowest BCUT2D eigenvalue weighted by atomic mass is 9.93. The number of hydrogen-bond donors (Lipinski definition) is 1. The van der Waals surface area contributed by atoms with Gasteiger partial charge in [-0.3, -0.25) is 0 Å². The molecule has 20 heavy (non-hydrogen) atoms. The Kier molecular flexibility index (Phi) is 4.62. The Morgan fingerprint density at radius 3 is 1.80 bits per heavy atom. The van der Waals surface area contributed by atoms with Gasteiger partial charge in [0.2, 0.25) is 0 Å². The second kappa shape index (κ2) is 5.55. The van der Waals surface area contributed by atoms with Gasteiger partial charge in [-0.25, -0.2) is 8.78 Å². The number of halogens is 8. The molecule has 1 atom stereocenters. The van der Waals surface area contributed by atoms with Gasteiger partial charge in [0.1, 0.15) is 0 Å². The standard InChI is InChI=1S/C11H9F8N/c12-6-2-1-5(3-7(6)13)4-8(20)9(10(14,15)16)11(17,18)19/h1-3,8-9H,4,20H2. The fraction of sp³-hybridized carbons (Fsp3) is 0.455. The number of nitrogens with two attached hydrogens (primary N) is 1. The van der Waals surface area contributed by atoms with Crippen molar-refractivity contribution in [1.29, 1.82) is 0 Å². The summed E-state index contributed by atoms with van der Waals surface area (Å²) in [4.78, 5) is 0. The van der Waals surface area contributed by atoms with Gasteiger partial charge < -0.3 is 5.73 Å². The molecule has 0 saturated carbocycles. The zero-order valence-electron chi connectivity index (χ0n) is 9.69. The van der Waals surface area contributed by atoms with Crippen LogP contribution in [0.15, 0.2) is 18.2 Å². The van der Waals surface area contributed by atoms with Gasteiger partial charge in [-0.15, -0.1) is 0 Å². The summed E-state index contributed by atoms with van der Waals surface area (Å²) in [5.74, 6) is -6.36. The zero-order chi connectivity index (χ0) is 15.7. The lowest BCUT2D eigenvalue weighted by molar-refractivity contribution is -0.289. The zero-order valence-corrected chi connectivity index (χ0v) is 9.69. The molecule has 1 unspecified atom stereocenters. The second-order valence-electron chi connectivity index (χ2n) is 4.18. The Morgan fingerprint density at radius 2 is 1.40 bits per heavy atom. The molecule has 0 saturated heterocycles. The minimum atomic E-state index is -5.57. The molecule has 0 aromatic heterocycles. The van der Waals surface area contributed by atoms with Gasteiger partial charge in [0.15, 0.2) is 17.6 Å². The third-order valence-corrected chi connectivity index (χ3v) is 2.59. The summed E-state index contributed by atoms with van der Waals surface area (Å²) in [5, 5.41) is 0. The van der Waals surface area contributed by atoms with Crippen molar-refractivity contribution in [2.75, 3.05) is 0 Å². The Hall–Kier alpha value is -1.38. The van der Waals surface area contributed by atoms with Crippen molar-refractivity contribution in [2.45, 2.75) is 24.8 Å². The molecule has 1 rings (SSSR count). The Balaban J connectivity index is 2.97. The lowest BCUT2D eigenvalue weighted by Gasteiger charge is -2.28. The smallest absolute Gasteiger partial charge is 0.327 e. The lowest BCUT2D eigenvalue weighted by Crippen LogP contribution is -2.49. The first kappa shape index (κ1) is 16.7. The molecule has 1 aromatic rings. The number of rotatable bonds is 3. The van der Waals surface area contributed by atoms with Gasteiger partial charge in [0.05, 0.1) is 0 Å². The van der Waals surface area contributed by atoms with Gasteiger partial charge in [-0.05, 0) is 24.1 Å². The molecule has 1 nitrogen and oxygen atoms in total. The highest BCUT2D eigenvalue weighted by atomic mass is 19.4. The highest BCUT2D eigenvalue weighted by Crippen LogP contribution is 2.41. The van der Waals surface area contributed by atoms with E-state index in [1.165, 1.54) is 0 Å². The first-order valence-electron chi connectivity index (χ1n) is 5.26. The molecule has 0 aliphatic rings. The molecule has 0 radical (unpaired) electrons. The van der Waals surface area contributed by atoms with Crippen LogP contribution in [0.5, 0.6) is 0 Å². The quantitative estimate of drug-likeness (QED) is 0.849. The monoisotopic (exact) mass is 307 g/mol. The van der Waals surface area contributed by atoms with Crippen LogP contribution in [0.3, 0.4) is 0 Å². The van der Waals surface area contributed by atoms with Crippen LogP contribution in [0.1, 0.15) is 5.56 Å². The number of alkyl halides is 6. The predicted molar refractivity (Wildman–Crippen MR) is 53.6 cm³/mol. The van der Waals surface area contributed by atoms with Crippen molar-refractivity contribution in [3.8, 4) is 0 Å². The first-order chi connectivity index (χ1) is 8.93. The van der Waals surface area contributed by atoms with Gasteiger partial charge in [0.25, 0.3) is 0 Å². The van der Waals surface area contributed by atoms with Gasteiger partial charge in [-0.1, -0.05) is 6.07 Å². The average molecular weight is 307 g/mol. The van der Waals surface area contributed by atoms with E-state index in [-0.39, 0.29) is 5.56 Å². The molecule has 0 aliphatic carbocycles. The van der Waals surface area contributed by atoms with E-state index in [4.69, 9.17) is 5.73 Å². The minimum Gasteiger partial charge on any atom is -0.327 e. The number of benzene rings is 1. The largest absolute Gasteiger partial charge is 0.402 e. The fourth-order valence-electron chi connectivity index (χ4n) is 1.73. The average Bonchev–Trinajstić information content (AvgIpc) is 2.18. The Labute approximate surface area is 108 Å². The van der Waals surface area contributed by atoms with Gasteiger partial charge in [-0.2, -0.15) is 26.3 Å². The predicted octanol–water partition coefficient (Wildman–Crippen LogP) is 3.58. The SMILES string of the molecule is NC(Cc1ccc(F)c(F)c1)C(C(F)(F)F)C(F)(F)F. The molecule has 2 N–H and O–H groups in total. The summed E-state index contributed by atoms with van der Waals surface area (Å²) >= 11 is 0. The molecule has 9 heteroatoms. The van der Waals surface area contributed by atoms with E-state index in [9.17, 15) is 35.1 Å². The van der Waals surface area contributed by atoms with Crippen LogP contribution in [-0.2, 0) is 6.42 Å². The van der Waals surface area contributed by atoms with E-state index >= 15 is 0 Å². The summed E-state index contributed by atoms with van der Waals surface area (Å²) in [6.45, 7) is 0. The first-order valence-corrected chi connectivity index (χ1v) is 5.26. The van der Waals surface area contributed by atoms with E-state index < -0.39 is 42.4 Å². The summed E-state index contributed by atoms with van der Waals surface area (Å²) in [6.07, 6.45) is -12.0. The van der Waals surface area contributed by atoms with Crippen LogP contribution >= 0.6 is 0 Å². The molecule has 114 valence electrons. The third kappa shape index (κ3) is 4.06. The topological polar surface area (TPSA) is 26.0 Å². The molecular formula is C11H9F8N. The summed E-state index contributed by atoms with van der Waals surface area (Å²) in [7, 11) is 0. The second-order valence-corrected chi connectivity index (χ2v) is 4.18. The van der Waals surface area contributed by atoms with Crippen LogP contribution in [0.4, 0.5) is 35.1 Å². The molecular weight excluding hydrogens is 298 g/mol. The molecule has 0 heterocycles. The number of hydrogen-bond acceptors (Lipinski definition) is 1. The van der Waals surface area contributed by atoms with E-state index in [1.54, 1.807) is 0 Å². The van der Waals surface area contributed by atoms with Crippen LogP contribution in [0, 0.1) is 17.6 Å². The van der Waals surface area contributed by atoms with E-state index in [1.807, 2.05) is 0 Å². The summed E-state index contributed by atoms with van der Waals surface area (Å²) < 4.78 is 99.7. The van der Waals surface area contributed by atoms with Crippen LogP contribution in [0.2, 0.25) is 0 Å². The highest BCUT2D eigenvalue weighted by Gasteiger charge is 2.59. The molecule has 0 spiro atoms. The molecule has 0 bridgehead atoms. The summed E-state index contributed by atoms with van der Waals surface area (Å²) in [6, 6.07) is -0.353. The van der Waals surface area contributed by atoms with Crippen molar-refractivity contribution in [3.63, 3.8) is 0 Å². The molecule has 0 aliphatic heterocycles. The van der Waals surface area contributed by atoms with Crippen molar-refractivity contribution in [3.05, 3.63) is 35.4 Å². The van der Waals surface area contributed by atoms with Crippen molar-refractivity contribution >= 4 is 0 Å². The highest BCUT2D eigenvalue weighted by molar-refractivity contribution is 5.19.